The van der Waals surface area contributed by atoms with Gasteiger partial charge in [0.2, 0.25) is 0 Å². The van der Waals surface area contributed by atoms with E-state index < -0.39 is 11.7 Å². The number of aliphatic hydroxyl groups is 2. The van der Waals surface area contributed by atoms with Crippen LogP contribution in [0, 0.1) is 11.8 Å². The molecule has 4 heteroatoms. The molecule has 0 saturated heterocycles. The summed E-state index contributed by atoms with van der Waals surface area (Å²) in [5.74, 6) is -0.288. The van der Waals surface area contributed by atoms with Crippen LogP contribution in [0.25, 0.3) is 0 Å². The number of aliphatic hydroxyl groups excluding tert-OH is 1. The first-order chi connectivity index (χ1) is 6.42. The van der Waals surface area contributed by atoms with Crippen molar-refractivity contribution < 1.29 is 19.7 Å². The molecule has 5 atom stereocenters. The van der Waals surface area contributed by atoms with E-state index in [1.165, 1.54) is 6.92 Å². The maximum absolute atomic E-state index is 10.8. The summed E-state index contributed by atoms with van der Waals surface area (Å²) >= 11 is 0. The van der Waals surface area contributed by atoms with Crippen molar-refractivity contribution in [1.82, 2.24) is 0 Å². The molecule has 0 heterocycles. The Balaban J connectivity index is 2.08. The van der Waals surface area contributed by atoms with E-state index in [9.17, 15) is 15.0 Å². The Bertz CT molecular complexity index is 261. The zero-order chi connectivity index (χ0) is 10.5. The Morgan fingerprint density at radius 3 is 2.64 bits per heavy atom. The third-order valence-corrected chi connectivity index (χ3v) is 3.52. The highest BCUT2D eigenvalue weighted by Gasteiger charge is 2.60. The van der Waals surface area contributed by atoms with Gasteiger partial charge in [0.05, 0.1) is 11.7 Å². The van der Waals surface area contributed by atoms with E-state index in [2.05, 4.69) is 0 Å². The van der Waals surface area contributed by atoms with E-state index in [1.54, 1.807) is 6.92 Å². The third-order valence-electron chi connectivity index (χ3n) is 3.52. The molecule has 2 aliphatic carbocycles. The van der Waals surface area contributed by atoms with Gasteiger partial charge in [-0.25, -0.2) is 0 Å². The van der Waals surface area contributed by atoms with Crippen LogP contribution in [0.3, 0.4) is 0 Å². The van der Waals surface area contributed by atoms with Crippen molar-refractivity contribution >= 4 is 5.97 Å². The summed E-state index contributed by atoms with van der Waals surface area (Å²) in [5, 5.41) is 19.5. The zero-order valence-corrected chi connectivity index (χ0v) is 8.43. The average molecular weight is 200 g/mol. The van der Waals surface area contributed by atoms with Gasteiger partial charge in [-0.05, 0) is 13.3 Å². The topological polar surface area (TPSA) is 66.8 Å². The van der Waals surface area contributed by atoms with Gasteiger partial charge in [-0.3, -0.25) is 4.79 Å². The molecule has 2 rings (SSSR count). The average Bonchev–Trinajstić information content (AvgIpc) is 2.13. The van der Waals surface area contributed by atoms with Gasteiger partial charge < -0.3 is 14.9 Å². The molecular weight excluding hydrogens is 184 g/mol. The van der Waals surface area contributed by atoms with Gasteiger partial charge in [-0.2, -0.15) is 0 Å². The van der Waals surface area contributed by atoms with Crippen molar-refractivity contribution in [2.24, 2.45) is 11.8 Å². The maximum Gasteiger partial charge on any atom is 0.302 e. The first-order valence-electron chi connectivity index (χ1n) is 4.99. The molecular formula is C10H16O4. The third kappa shape index (κ3) is 1.33. The first-order valence-corrected chi connectivity index (χ1v) is 4.99. The van der Waals surface area contributed by atoms with Gasteiger partial charge in [0, 0.05) is 25.2 Å². The predicted octanol–water partition coefficient (Wildman–Crippen LogP) is 0.0698. The highest BCUT2D eigenvalue weighted by atomic mass is 16.5. The predicted molar refractivity (Wildman–Crippen MR) is 48.4 cm³/mol. The van der Waals surface area contributed by atoms with Crippen LogP contribution < -0.4 is 0 Å². The van der Waals surface area contributed by atoms with Crippen molar-refractivity contribution in [3.63, 3.8) is 0 Å². The summed E-state index contributed by atoms with van der Waals surface area (Å²) in [5.41, 5.74) is -0.886. The molecule has 80 valence electrons. The Morgan fingerprint density at radius 2 is 2.21 bits per heavy atom. The highest BCUT2D eigenvalue weighted by molar-refractivity contribution is 5.66. The van der Waals surface area contributed by atoms with Crippen LogP contribution >= 0.6 is 0 Å². The number of rotatable bonds is 1. The number of esters is 1. The fourth-order valence-corrected chi connectivity index (χ4v) is 2.96. The molecule has 0 spiro atoms. The fraction of sp³-hybridized carbons (Fsp3) is 0.900. The summed E-state index contributed by atoms with van der Waals surface area (Å²) in [6, 6.07) is 0. The summed E-state index contributed by atoms with van der Waals surface area (Å²) in [6.07, 6.45) is 0.434. The number of carbonyl (C=O) groups is 1. The van der Waals surface area contributed by atoms with Gasteiger partial charge in [0.25, 0.3) is 0 Å². The van der Waals surface area contributed by atoms with Crippen molar-refractivity contribution in [3.05, 3.63) is 0 Å². The van der Waals surface area contributed by atoms with Crippen LogP contribution in [0.1, 0.15) is 26.7 Å². The highest BCUT2D eigenvalue weighted by Crippen LogP contribution is 2.53. The van der Waals surface area contributed by atoms with Gasteiger partial charge in [0.15, 0.2) is 0 Å². The Labute approximate surface area is 82.9 Å². The molecule has 2 fully saturated rings. The van der Waals surface area contributed by atoms with Gasteiger partial charge >= 0.3 is 5.97 Å². The minimum Gasteiger partial charge on any atom is -0.462 e. The van der Waals surface area contributed by atoms with Gasteiger partial charge in [-0.1, -0.05) is 0 Å². The van der Waals surface area contributed by atoms with Crippen LogP contribution in [-0.2, 0) is 9.53 Å². The van der Waals surface area contributed by atoms with Gasteiger partial charge in [-0.15, -0.1) is 0 Å². The summed E-state index contributed by atoms with van der Waals surface area (Å²) < 4.78 is 5.12. The monoisotopic (exact) mass is 200 g/mol. The first kappa shape index (κ1) is 9.93. The quantitative estimate of drug-likeness (QED) is 0.588. The Hall–Kier alpha value is -0.610. The van der Waals surface area contributed by atoms with E-state index in [0.29, 0.717) is 12.8 Å². The number of carbonyl (C=O) groups excluding carboxylic acids is 1. The van der Waals surface area contributed by atoms with Crippen LogP contribution in [0.4, 0.5) is 0 Å². The molecule has 0 unspecified atom stereocenters. The van der Waals surface area contributed by atoms with E-state index in [0.717, 1.165) is 0 Å². The van der Waals surface area contributed by atoms with Crippen molar-refractivity contribution in [1.29, 1.82) is 0 Å². The molecule has 0 aliphatic heterocycles. The summed E-state index contributed by atoms with van der Waals surface area (Å²) in [6.45, 7) is 3.08. The number of hydrogen-bond acceptors (Lipinski definition) is 4. The Morgan fingerprint density at radius 1 is 1.57 bits per heavy atom. The van der Waals surface area contributed by atoms with Crippen molar-refractivity contribution in [2.45, 2.75) is 44.5 Å². The lowest BCUT2D eigenvalue weighted by Gasteiger charge is -2.42. The second-order valence-electron chi connectivity index (χ2n) is 4.70. The lowest BCUT2D eigenvalue weighted by atomic mass is 9.68. The van der Waals surface area contributed by atoms with Crippen LogP contribution in [0.5, 0.6) is 0 Å². The number of fused-ring (bicyclic) bond motifs is 1. The zero-order valence-electron chi connectivity index (χ0n) is 8.43. The molecule has 4 nitrogen and oxygen atoms in total. The second kappa shape index (κ2) is 2.94. The SMILES string of the molecule is CC(=O)O[C@H]1C[C@](C)(O)[C@@H]2[C@H]1C[C@@H]2O. The largest absolute Gasteiger partial charge is 0.462 e. The number of ether oxygens (including phenoxy) is 1. The molecule has 0 radical (unpaired) electrons. The minimum atomic E-state index is -0.886. The smallest absolute Gasteiger partial charge is 0.302 e. The summed E-state index contributed by atoms with van der Waals surface area (Å²) in [7, 11) is 0. The van der Waals surface area contributed by atoms with E-state index >= 15 is 0 Å². The molecule has 2 saturated carbocycles. The van der Waals surface area contributed by atoms with E-state index in [-0.39, 0.29) is 23.9 Å². The van der Waals surface area contributed by atoms with Crippen LogP contribution in [-0.4, -0.2) is 34.0 Å². The summed E-state index contributed by atoms with van der Waals surface area (Å²) in [4.78, 5) is 10.8. The van der Waals surface area contributed by atoms with Crippen molar-refractivity contribution in [2.75, 3.05) is 0 Å². The molecule has 0 aromatic heterocycles. The van der Waals surface area contributed by atoms with Crippen molar-refractivity contribution in [3.8, 4) is 0 Å². The second-order valence-corrected chi connectivity index (χ2v) is 4.70. The maximum atomic E-state index is 10.8. The van der Waals surface area contributed by atoms with E-state index in [1.807, 2.05) is 0 Å². The lowest BCUT2D eigenvalue weighted by molar-refractivity contribution is -0.154. The Kier molecular flexibility index (Phi) is 2.08. The van der Waals surface area contributed by atoms with Crippen LogP contribution in [0.2, 0.25) is 0 Å². The molecule has 0 amide bonds. The van der Waals surface area contributed by atoms with E-state index in [4.69, 9.17) is 4.74 Å². The fourth-order valence-electron chi connectivity index (χ4n) is 2.96. The minimum absolute atomic E-state index is 0.119. The molecule has 0 aromatic rings. The normalized spacial score (nSPS) is 50.9. The molecule has 14 heavy (non-hydrogen) atoms. The molecule has 2 aliphatic rings. The standard InChI is InChI=1S/C10H16O4/c1-5(11)14-8-4-10(2,13)9-6(8)3-7(9)12/h6-9,12-13H,3-4H2,1-2H3/t6-,7-,8-,9+,10-/m0/s1. The lowest BCUT2D eigenvalue weighted by Crippen LogP contribution is -2.50. The molecule has 2 N–H and O–H groups in total. The number of hydrogen-bond donors (Lipinski definition) is 2. The molecule has 0 bridgehead atoms. The van der Waals surface area contributed by atoms with Crippen LogP contribution in [0.15, 0.2) is 0 Å². The molecule has 0 aromatic carbocycles. The van der Waals surface area contributed by atoms with Gasteiger partial charge in [0.1, 0.15) is 6.10 Å².